The largest absolute Gasteiger partial charge is 0.324 e. The van der Waals surface area contributed by atoms with Crippen LogP contribution in [0.3, 0.4) is 0 Å². The number of Topliss-reactive ketones (excluding diaryl/α,β-unsaturated/α-hetero) is 1. The molecule has 2 N–H and O–H groups in total. The number of ketones is 1. The second kappa shape index (κ2) is 9.11. The van der Waals surface area contributed by atoms with Crippen LogP contribution in [0.15, 0.2) is 54.6 Å². The average molecular weight is 339 g/mol. The molecule has 2 aromatic rings. The maximum atomic E-state index is 12.8. The summed E-state index contributed by atoms with van der Waals surface area (Å²) in [4.78, 5) is 26.4. The zero-order valence-electron chi connectivity index (χ0n) is 15.0. The van der Waals surface area contributed by atoms with Crippen LogP contribution in [0.4, 0.5) is 5.69 Å². The number of hydrogen-bond acceptors (Lipinski definition) is 4. The van der Waals surface area contributed by atoms with Crippen molar-refractivity contribution >= 4 is 17.4 Å². The van der Waals surface area contributed by atoms with Crippen molar-refractivity contribution in [2.24, 2.45) is 0 Å². The summed E-state index contributed by atoms with van der Waals surface area (Å²) < 4.78 is 0. The molecule has 2 aromatic carbocycles. The molecule has 0 spiro atoms. The fourth-order valence-electron chi connectivity index (χ4n) is 2.47. The van der Waals surface area contributed by atoms with Crippen molar-refractivity contribution in [3.05, 3.63) is 65.7 Å². The van der Waals surface area contributed by atoms with Gasteiger partial charge in [-0.15, -0.1) is 0 Å². The quantitative estimate of drug-likeness (QED) is 0.726. The second-order valence-electron chi connectivity index (χ2n) is 6.23. The molecule has 0 bridgehead atoms. The Morgan fingerprint density at radius 3 is 2.40 bits per heavy atom. The minimum Gasteiger partial charge on any atom is -0.324 e. The zero-order valence-corrected chi connectivity index (χ0v) is 15.0. The molecule has 0 radical (unpaired) electrons. The van der Waals surface area contributed by atoms with Crippen LogP contribution in [0, 0.1) is 0 Å². The van der Waals surface area contributed by atoms with Gasteiger partial charge in [0.25, 0.3) is 0 Å². The van der Waals surface area contributed by atoms with Gasteiger partial charge in [0.15, 0.2) is 5.78 Å². The molecule has 25 heavy (non-hydrogen) atoms. The highest BCUT2D eigenvalue weighted by Gasteiger charge is 2.20. The van der Waals surface area contributed by atoms with Crippen molar-refractivity contribution in [2.75, 3.05) is 32.5 Å². The molecule has 0 heterocycles. The molecule has 0 saturated heterocycles. The van der Waals surface area contributed by atoms with E-state index in [4.69, 9.17) is 0 Å². The lowest BCUT2D eigenvalue weighted by atomic mass is 10.1. The van der Waals surface area contributed by atoms with Crippen LogP contribution in [0.5, 0.6) is 0 Å². The molecular weight excluding hydrogens is 314 g/mol. The number of benzene rings is 2. The topological polar surface area (TPSA) is 61.4 Å². The summed E-state index contributed by atoms with van der Waals surface area (Å²) in [7, 11) is 3.99. The van der Waals surface area contributed by atoms with Gasteiger partial charge in [-0.25, -0.2) is 0 Å². The van der Waals surface area contributed by atoms with Gasteiger partial charge in [0, 0.05) is 24.3 Å². The summed E-state index contributed by atoms with van der Waals surface area (Å²) in [6.45, 7) is 3.03. The summed E-state index contributed by atoms with van der Waals surface area (Å²) in [5.41, 5.74) is 2.10. The molecule has 0 aliphatic heterocycles. The highest BCUT2D eigenvalue weighted by molar-refractivity contribution is 5.98. The number of hydrogen-bond donors (Lipinski definition) is 2. The third kappa shape index (κ3) is 5.81. The van der Waals surface area contributed by atoms with Crippen LogP contribution in [0.25, 0.3) is 0 Å². The maximum Gasteiger partial charge on any atom is 0.246 e. The van der Waals surface area contributed by atoms with Gasteiger partial charge in [0.1, 0.15) is 6.04 Å². The van der Waals surface area contributed by atoms with Crippen LogP contribution < -0.4 is 10.6 Å². The summed E-state index contributed by atoms with van der Waals surface area (Å²) in [6, 6.07) is 16.1. The van der Waals surface area contributed by atoms with Crippen molar-refractivity contribution in [1.82, 2.24) is 10.2 Å². The Balaban J connectivity index is 2.14. The molecule has 0 aliphatic rings. The minimum atomic E-state index is -0.456. The molecule has 132 valence electrons. The third-order valence-corrected chi connectivity index (χ3v) is 3.84. The minimum absolute atomic E-state index is 0.0279. The van der Waals surface area contributed by atoms with Gasteiger partial charge in [0.2, 0.25) is 5.91 Å². The summed E-state index contributed by atoms with van der Waals surface area (Å²) in [5, 5.41) is 6.21. The first-order valence-electron chi connectivity index (χ1n) is 8.32. The maximum absolute atomic E-state index is 12.8. The smallest absolute Gasteiger partial charge is 0.246 e. The van der Waals surface area contributed by atoms with Crippen molar-refractivity contribution in [3.63, 3.8) is 0 Å². The molecule has 1 atom stereocenters. The Morgan fingerprint density at radius 2 is 1.76 bits per heavy atom. The third-order valence-electron chi connectivity index (χ3n) is 3.84. The SMILES string of the molecule is CC(=O)c1cccc(NC(=O)C(NCCN(C)C)c2ccccc2)c1. The van der Waals surface area contributed by atoms with Crippen LogP contribution in [-0.4, -0.2) is 43.8 Å². The Labute approximate surface area is 149 Å². The van der Waals surface area contributed by atoms with E-state index in [1.54, 1.807) is 24.3 Å². The van der Waals surface area contributed by atoms with E-state index >= 15 is 0 Å². The Hall–Kier alpha value is -2.50. The van der Waals surface area contributed by atoms with Crippen molar-refractivity contribution in [1.29, 1.82) is 0 Å². The summed E-state index contributed by atoms with van der Waals surface area (Å²) in [6.07, 6.45) is 0. The molecule has 2 rings (SSSR count). The van der Waals surface area contributed by atoms with Crippen molar-refractivity contribution < 1.29 is 9.59 Å². The zero-order chi connectivity index (χ0) is 18.2. The predicted octanol–water partition coefficient (Wildman–Crippen LogP) is 2.72. The lowest BCUT2D eigenvalue weighted by molar-refractivity contribution is -0.118. The van der Waals surface area contributed by atoms with Gasteiger partial charge < -0.3 is 15.5 Å². The number of anilines is 1. The Bertz CT molecular complexity index is 714. The van der Waals surface area contributed by atoms with E-state index in [9.17, 15) is 9.59 Å². The number of likely N-dealkylation sites (N-methyl/N-ethyl adjacent to an activating group) is 1. The van der Waals surface area contributed by atoms with Gasteiger partial charge in [-0.05, 0) is 38.7 Å². The molecular formula is C20H25N3O2. The van der Waals surface area contributed by atoms with E-state index < -0.39 is 6.04 Å². The number of carbonyl (C=O) groups excluding carboxylic acids is 2. The Morgan fingerprint density at radius 1 is 1.04 bits per heavy atom. The lowest BCUT2D eigenvalue weighted by Crippen LogP contribution is -2.36. The number of amides is 1. The highest BCUT2D eigenvalue weighted by atomic mass is 16.2. The van der Waals surface area contributed by atoms with Crippen LogP contribution in [0.2, 0.25) is 0 Å². The fourth-order valence-corrected chi connectivity index (χ4v) is 2.47. The standard InChI is InChI=1S/C20H25N3O2/c1-15(24)17-10-7-11-18(14-17)22-20(25)19(21-12-13-23(2)3)16-8-5-4-6-9-16/h4-11,14,19,21H,12-13H2,1-3H3,(H,22,25). The first-order valence-corrected chi connectivity index (χ1v) is 8.32. The first kappa shape index (κ1) is 18.8. The van der Waals surface area contributed by atoms with Crippen molar-refractivity contribution in [2.45, 2.75) is 13.0 Å². The molecule has 0 aliphatic carbocycles. The van der Waals surface area contributed by atoms with Gasteiger partial charge >= 0.3 is 0 Å². The molecule has 0 aromatic heterocycles. The highest BCUT2D eigenvalue weighted by Crippen LogP contribution is 2.17. The Kier molecular flexibility index (Phi) is 6.86. The molecule has 0 fully saturated rings. The van der Waals surface area contributed by atoms with Gasteiger partial charge in [0.05, 0.1) is 0 Å². The monoisotopic (exact) mass is 339 g/mol. The van der Waals surface area contributed by atoms with Crippen LogP contribution in [-0.2, 0) is 4.79 Å². The predicted molar refractivity (Wildman–Crippen MR) is 101 cm³/mol. The van der Waals surface area contributed by atoms with E-state index in [1.165, 1.54) is 6.92 Å². The first-order chi connectivity index (χ1) is 12.0. The lowest BCUT2D eigenvalue weighted by Gasteiger charge is -2.20. The molecule has 5 heteroatoms. The van der Waals surface area contributed by atoms with Crippen LogP contribution in [0.1, 0.15) is 28.9 Å². The summed E-state index contributed by atoms with van der Waals surface area (Å²) >= 11 is 0. The van der Waals surface area contributed by atoms with Gasteiger partial charge in [-0.3, -0.25) is 9.59 Å². The van der Waals surface area contributed by atoms with E-state index in [0.29, 0.717) is 17.8 Å². The van der Waals surface area contributed by atoms with Gasteiger partial charge in [-0.1, -0.05) is 42.5 Å². The number of nitrogens with one attached hydrogen (secondary N) is 2. The molecule has 0 saturated carbocycles. The van der Waals surface area contributed by atoms with Crippen molar-refractivity contribution in [3.8, 4) is 0 Å². The molecule has 5 nitrogen and oxygen atoms in total. The van der Waals surface area contributed by atoms with E-state index in [2.05, 4.69) is 15.5 Å². The van der Waals surface area contributed by atoms with E-state index in [1.807, 2.05) is 44.4 Å². The number of rotatable bonds is 8. The van der Waals surface area contributed by atoms with Gasteiger partial charge in [-0.2, -0.15) is 0 Å². The fraction of sp³-hybridized carbons (Fsp3) is 0.300. The molecule has 1 unspecified atom stereocenters. The average Bonchev–Trinajstić information content (AvgIpc) is 2.59. The summed E-state index contributed by atoms with van der Waals surface area (Å²) in [5.74, 6) is -0.175. The van der Waals surface area contributed by atoms with E-state index in [0.717, 1.165) is 12.1 Å². The molecule has 1 amide bonds. The van der Waals surface area contributed by atoms with Crippen LogP contribution >= 0.6 is 0 Å². The number of nitrogens with zero attached hydrogens (tertiary/aromatic N) is 1. The van der Waals surface area contributed by atoms with E-state index in [-0.39, 0.29) is 11.7 Å². The normalized spacial score (nSPS) is 12.0. The number of carbonyl (C=O) groups is 2. The second-order valence-corrected chi connectivity index (χ2v) is 6.23.